The number of ether oxygens (including phenoxy) is 1. The van der Waals surface area contributed by atoms with Gasteiger partial charge in [0.1, 0.15) is 11.3 Å². The van der Waals surface area contributed by atoms with E-state index < -0.39 is 0 Å². The quantitative estimate of drug-likeness (QED) is 0.151. The van der Waals surface area contributed by atoms with Gasteiger partial charge in [0.25, 0.3) is 0 Å². The molecule has 208 valence electrons. The number of unbranched alkanes of at least 4 members (excludes halogenated alkanes) is 5. The number of para-hydroxylation sites is 1. The summed E-state index contributed by atoms with van der Waals surface area (Å²) >= 11 is 0. The summed E-state index contributed by atoms with van der Waals surface area (Å²) in [7, 11) is 0. The lowest BCUT2D eigenvalue weighted by molar-refractivity contribution is -0.143. The summed E-state index contributed by atoms with van der Waals surface area (Å²) in [6.45, 7) is 9.01. The summed E-state index contributed by atoms with van der Waals surface area (Å²) in [5.74, 6) is 0.179. The van der Waals surface area contributed by atoms with E-state index in [9.17, 15) is 9.90 Å². The highest BCUT2D eigenvalue weighted by molar-refractivity contribution is 5.74. The van der Waals surface area contributed by atoms with Crippen LogP contribution in [-0.2, 0) is 21.4 Å². The number of rotatable bonds is 11. The molecule has 0 fully saturated rings. The first-order valence-corrected chi connectivity index (χ1v) is 14.1. The summed E-state index contributed by atoms with van der Waals surface area (Å²) in [6.07, 6.45) is 8.06. The van der Waals surface area contributed by atoms with Gasteiger partial charge in [0.2, 0.25) is 0 Å². The molecule has 0 aliphatic rings. The molecular weight excluding hydrogens is 486 g/mol. The van der Waals surface area contributed by atoms with Crippen molar-refractivity contribution >= 4 is 17.0 Å². The van der Waals surface area contributed by atoms with Crippen LogP contribution in [0, 0.1) is 0 Å². The van der Waals surface area contributed by atoms with Gasteiger partial charge < -0.3 is 9.84 Å². The number of aromatic nitrogens is 3. The minimum Gasteiger partial charge on any atom is -0.507 e. The van der Waals surface area contributed by atoms with Gasteiger partial charge in [-0.25, -0.2) is 0 Å². The zero-order valence-corrected chi connectivity index (χ0v) is 23.9. The van der Waals surface area contributed by atoms with Crippen LogP contribution in [0.2, 0.25) is 0 Å². The third kappa shape index (κ3) is 9.54. The van der Waals surface area contributed by atoms with Crippen molar-refractivity contribution in [3.63, 3.8) is 0 Å². The average Bonchev–Trinajstić information content (AvgIpc) is 3.41. The summed E-state index contributed by atoms with van der Waals surface area (Å²) in [4.78, 5) is 12.2. The van der Waals surface area contributed by atoms with E-state index in [0.717, 1.165) is 46.1 Å². The topological polar surface area (TPSA) is 88.1 Å². The van der Waals surface area contributed by atoms with E-state index in [2.05, 4.69) is 43.1 Å². The second-order valence-electron chi connectivity index (χ2n) is 11.0. The van der Waals surface area contributed by atoms with Crippen LogP contribution in [0.1, 0.15) is 83.8 Å². The zero-order chi connectivity index (χ0) is 28.1. The number of carbonyl (C=O) groups excluding carboxylic acids is 1. The van der Waals surface area contributed by atoms with Gasteiger partial charge >= 0.3 is 5.97 Å². The number of nitrogens with zero attached hydrogens (tertiary/aromatic N) is 2. The lowest BCUT2D eigenvalue weighted by Crippen LogP contribution is -2.13. The molecular formula is C33H43N3O3. The monoisotopic (exact) mass is 529 g/mol. The summed E-state index contributed by atoms with van der Waals surface area (Å²) in [5.41, 5.74) is 5.45. The number of phenolic OH excluding ortho intramolecular Hbond substituents is 1. The molecule has 0 amide bonds. The van der Waals surface area contributed by atoms with Crippen molar-refractivity contribution in [2.24, 2.45) is 0 Å². The minimum atomic E-state index is -0.193. The standard InChI is InChI=1S/C27H38O3.C6H5N3/c1-5-6-7-8-9-13-18-30-25(28)17-16-21-19-23(22-14-11-10-12-15-22)26(29)24(20-21)27(2,3)4;1-2-4-6-5(3-1)7-9-8-6/h10-12,14-15,19-20,29H,5-9,13,16-18H2,1-4H3;1-4H,(H,7,8,9). The van der Waals surface area contributed by atoms with Crippen molar-refractivity contribution in [2.45, 2.75) is 84.5 Å². The normalized spacial score (nSPS) is 11.2. The number of carbonyl (C=O) groups is 1. The van der Waals surface area contributed by atoms with Crippen molar-refractivity contribution in [1.82, 2.24) is 15.4 Å². The Hall–Kier alpha value is -3.67. The van der Waals surface area contributed by atoms with Gasteiger partial charge in [-0.3, -0.25) is 9.89 Å². The Bertz CT molecular complexity index is 1260. The molecule has 2 N–H and O–H groups in total. The average molecular weight is 530 g/mol. The zero-order valence-electron chi connectivity index (χ0n) is 23.9. The van der Waals surface area contributed by atoms with Crippen LogP contribution in [0.25, 0.3) is 22.2 Å². The maximum atomic E-state index is 12.2. The minimum absolute atomic E-state index is 0.143. The highest BCUT2D eigenvalue weighted by atomic mass is 16.5. The summed E-state index contributed by atoms with van der Waals surface area (Å²) < 4.78 is 5.42. The van der Waals surface area contributed by atoms with Crippen LogP contribution in [0.3, 0.4) is 0 Å². The Morgan fingerprint density at radius 1 is 0.923 bits per heavy atom. The highest BCUT2D eigenvalue weighted by Gasteiger charge is 2.22. The van der Waals surface area contributed by atoms with Gasteiger partial charge in [-0.15, -0.1) is 5.10 Å². The Kier molecular flexibility index (Phi) is 11.5. The van der Waals surface area contributed by atoms with Crippen LogP contribution in [0.15, 0.2) is 66.7 Å². The van der Waals surface area contributed by atoms with E-state index >= 15 is 0 Å². The van der Waals surface area contributed by atoms with Crippen molar-refractivity contribution in [3.8, 4) is 16.9 Å². The van der Waals surface area contributed by atoms with E-state index in [1.165, 1.54) is 25.7 Å². The fraction of sp³-hybridized carbons (Fsp3) is 0.424. The molecule has 0 atom stereocenters. The fourth-order valence-corrected chi connectivity index (χ4v) is 4.42. The van der Waals surface area contributed by atoms with Crippen molar-refractivity contribution in [1.29, 1.82) is 0 Å². The molecule has 1 aromatic heterocycles. The van der Waals surface area contributed by atoms with Crippen LogP contribution in [-0.4, -0.2) is 33.1 Å². The molecule has 0 spiro atoms. The summed E-state index contributed by atoms with van der Waals surface area (Å²) in [5, 5.41) is 21.1. The largest absolute Gasteiger partial charge is 0.507 e. The number of aryl methyl sites for hydroxylation is 1. The molecule has 0 saturated heterocycles. The maximum Gasteiger partial charge on any atom is 0.306 e. The Morgan fingerprint density at radius 2 is 1.62 bits per heavy atom. The van der Waals surface area contributed by atoms with Gasteiger partial charge in [0.15, 0.2) is 0 Å². The molecule has 0 bridgehead atoms. The highest BCUT2D eigenvalue weighted by Crippen LogP contribution is 2.39. The van der Waals surface area contributed by atoms with Gasteiger partial charge in [-0.1, -0.05) is 114 Å². The number of hydrogen-bond donors (Lipinski definition) is 2. The predicted molar refractivity (Wildman–Crippen MR) is 159 cm³/mol. The molecule has 0 aliphatic heterocycles. The van der Waals surface area contributed by atoms with Gasteiger partial charge in [0.05, 0.1) is 12.1 Å². The van der Waals surface area contributed by atoms with Gasteiger partial charge in [0, 0.05) is 17.5 Å². The molecule has 3 aromatic carbocycles. The van der Waals surface area contributed by atoms with Crippen LogP contribution in [0.4, 0.5) is 0 Å². The second kappa shape index (κ2) is 15.1. The number of nitrogens with one attached hydrogen (secondary N) is 1. The molecule has 0 unspecified atom stereocenters. The van der Waals surface area contributed by atoms with Crippen molar-refractivity contribution < 1.29 is 14.6 Å². The molecule has 0 radical (unpaired) electrons. The molecule has 4 aromatic rings. The van der Waals surface area contributed by atoms with Crippen molar-refractivity contribution in [3.05, 3.63) is 77.9 Å². The Labute approximate surface area is 232 Å². The number of benzene rings is 3. The number of phenols is 1. The third-order valence-electron chi connectivity index (χ3n) is 6.67. The molecule has 4 rings (SSSR count). The van der Waals surface area contributed by atoms with E-state index in [-0.39, 0.29) is 11.4 Å². The lowest BCUT2D eigenvalue weighted by Gasteiger charge is -2.23. The van der Waals surface area contributed by atoms with Gasteiger partial charge in [-0.2, -0.15) is 0 Å². The van der Waals surface area contributed by atoms with Crippen LogP contribution < -0.4 is 0 Å². The van der Waals surface area contributed by atoms with E-state index in [0.29, 0.717) is 25.2 Å². The lowest BCUT2D eigenvalue weighted by atomic mass is 9.82. The maximum absolute atomic E-state index is 12.2. The first-order chi connectivity index (χ1) is 18.8. The van der Waals surface area contributed by atoms with E-state index in [1.807, 2.05) is 66.7 Å². The number of fused-ring (bicyclic) bond motifs is 1. The Morgan fingerprint density at radius 3 is 2.33 bits per heavy atom. The SMILES string of the molecule is CCCCCCCCOC(=O)CCc1cc(-c2ccccc2)c(O)c(C(C)(C)C)c1.c1ccc2[nH]nnc2c1. The van der Waals surface area contributed by atoms with Crippen LogP contribution >= 0.6 is 0 Å². The first kappa shape index (κ1) is 29.9. The first-order valence-electron chi connectivity index (χ1n) is 14.1. The van der Waals surface area contributed by atoms with E-state index in [4.69, 9.17) is 4.74 Å². The molecule has 0 saturated carbocycles. The fourth-order valence-electron chi connectivity index (χ4n) is 4.42. The Balaban J connectivity index is 0.000000387. The van der Waals surface area contributed by atoms with Crippen molar-refractivity contribution in [2.75, 3.05) is 6.61 Å². The molecule has 39 heavy (non-hydrogen) atoms. The predicted octanol–water partition coefficient (Wildman–Crippen LogP) is 8.15. The number of esters is 1. The molecule has 1 heterocycles. The number of aromatic amines is 1. The smallest absolute Gasteiger partial charge is 0.306 e. The number of hydrogen-bond acceptors (Lipinski definition) is 5. The number of aromatic hydroxyl groups is 1. The van der Waals surface area contributed by atoms with E-state index in [1.54, 1.807) is 0 Å². The number of H-pyrrole nitrogens is 1. The molecule has 6 nitrogen and oxygen atoms in total. The summed E-state index contributed by atoms with van der Waals surface area (Å²) in [6, 6.07) is 21.7. The molecule has 6 heteroatoms. The van der Waals surface area contributed by atoms with Crippen LogP contribution in [0.5, 0.6) is 5.75 Å². The third-order valence-corrected chi connectivity index (χ3v) is 6.67. The second-order valence-corrected chi connectivity index (χ2v) is 11.0. The molecule has 0 aliphatic carbocycles. The van der Waals surface area contributed by atoms with Gasteiger partial charge in [-0.05, 0) is 47.6 Å².